The largest absolute Gasteiger partial charge is 0.324 e. The molecular weight excluding hydrogens is 368 g/mol. The van der Waals surface area contributed by atoms with Gasteiger partial charge in [0.25, 0.3) is 5.69 Å². The lowest BCUT2D eigenvalue weighted by atomic mass is 9.95. The topological polar surface area (TPSA) is 128 Å². The van der Waals surface area contributed by atoms with Crippen LogP contribution in [0.3, 0.4) is 0 Å². The molecular formula is C15H21ClN4O4S. The van der Waals surface area contributed by atoms with Crippen LogP contribution < -0.4 is 10.5 Å². The average Bonchev–Trinajstić information content (AvgIpc) is 2.58. The van der Waals surface area contributed by atoms with Crippen LogP contribution in [0.25, 0.3) is 10.9 Å². The van der Waals surface area contributed by atoms with Crippen molar-refractivity contribution in [2.24, 2.45) is 5.73 Å². The van der Waals surface area contributed by atoms with Crippen molar-refractivity contribution >= 4 is 39.0 Å². The van der Waals surface area contributed by atoms with Crippen molar-refractivity contribution in [2.75, 3.05) is 6.54 Å². The standard InChI is InChI=1S/C15H20N4O4S.ClH/c1-3-15(16,4-2)10-18-24(22,23)13-8-7-12(19(20)21)11-6-5-9-17-14(11)13;/h5-9,18H,3-4,10,16H2,1-2H3;1H. The smallest absolute Gasteiger partial charge is 0.278 e. The van der Waals surface area contributed by atoms with E-state index in [9.17, 15) is 18.5 Å². The van der Waals surface area contributed by atoms with Gasteiger partial charge in [-0.25, -0.2) is 13.1 Å². The molecule has 0 aliphatic heterocycles. The van der Waals surface area contributed by atoms with Crippen molar-refractivity contribution in [3.05, 3.63) is 40.6 Å². The molecule has 3 N–H and O–H groups in total. The molecule has 0 radical (unpaired) electrons. The highest BCUT2D eigenvalue weighted by Gasteiger charge is 2.27. The number of nitro benzene ring substituents is 1. The third-order valence-corrected chi connectivity index (χ3v) is 5.65. The predicted octanol–water partition coefficient (Wildman–Crippen LogP) is 2.36. The number of fused-ring (bicyclic) bond motifs is 1. The molecule has 1 aromatic carbocycles. The van der Waals surface area contributed by atoms with E-state index in [-0.39, 0.29) is 40.4 Å². The molecule has 0 fully saturated rings. The number of nitrogens with two attached hydrogens (primary N) is 1. The first-order valence-corrected chi connectivity index (χ1v) is 9.03. The number of rotatable bonds is 7. The van der Waals surface area contributed by atoms with E-state index in [1.54, 1.807) is 0 Å². The zero-order valence-electron chi connectivity index (χ0n) is 13.9. The summed E-state index contributed by atoms with van der Waals surface area (Å²) < 4.78 is 27.8. The number of nitro groups is 1. The van der Waals surface area contributed by atoms with Gasteiger partial charge in [0, 0.05) is 24.3 Å². The monoisotopic (exact) mass is 388 g/mol. The third kappa shape index (κ3) is 4.43. The van der Waals surface area contributed by atoms with Gasteiger partial charge in [0.2, 0.25) is 10.0 Å². The second-order valence-corrected chi connectivity index (χ2v) is 7.37. The summed E-state index contributed by atoms with van der Waals surface area (Å²) in [6, 6.07) is 5.38. The van der Waals surface area contributed by atoms with Crippen LogP contribution in [0.15, 0.2) is 35.4 Å². The maximum atomic E-state index is 12.6. The molecule has 0 saturated heterocycles. The number of sulfonamides is 1. The fourth-order valence-electron chi connectivity index (χ4n) is 2.32. The van der Waals surface area contributed by atoms with E-state index >= 15 is 0 Å². The lowest BCUT2D eigenvalue weighted by Gasteiger charge is -2.26. The molecule has 10 heteroatoms. The lowest BCUT2D eigenvalue weighted by molar-refractivity contribution is -0.383. The van der Waals surface area contributed by atoms with Crippen molar-refractivity contribution < 1.29 is 13.3 Å². The second-order valence-electron chi connectivity index (χ2n) is 5.63. The Labute approximate surface area is 152 Å². The maximum absolute atomic E-state index is 12.6. The molecule has 0 atom stereocenters. The van der Waals surface area contributed by atoms with Crippen LogP contribution in [-0.4, -0.2) is 30.4 Å². The van der Waals surface area contributed by atoms with Crippen LogP contribution in [0.4, 0.5) is 5.69 Å². The van der Waals surface area contributed by atoms with Gasteiger partial charge >= 0.3 is 0 Å². The molecule has 25 heavy (non-hydrogen) atoms. The van der Waals surface area contributed by atoms with Gasteiger partial charge in [-0.05, 0) is 31.0 Å². The van der Waals surface area contributed by atoms with Gasteiger partial charge in [0.15, 0.2) is 0 Å². The fraction of sp³-hybridized carbons (Fsp3) is 0.400. The lowest BCUT2D eigenvalue weighted by Crippen LogP contribution is -2.49. The minimum absolute atomic E-state index is 0. The minimum atomic E-state index is -3.90. The summed E-state index contributed by atoms with van der Waals surface area (Å²) >= 11 is 0. The number of hydrogen-bond donors (Lipinski definition) is 2. The van der Waals surface area contributed by atoms with Crippen molar-refractivity contribution in [1.29, 1.82) is 0 Å². The van der Waals surface area contributed by atoms with Crippen LogP contribution in [0.1, 0.15) is 26.7 Å². The van der Waals surface area contributed by atoms with Crippen molar-refractivity contribution in [3.63, 3.8) is 0 Å². The third-order valence-electron chi connectivity index (χ3n) is 4.22. The summed E-state index contributed by atoms with van der Waals surface area (Å²) in [5.41, 5.74) is 5.36. The SMILES string of the molecule is CCC(N)(CC)CNS(=O)(=O)c1ccc([N+](=O)[O-])c2cccnc12.Cl. The van der Waals surface area contributed by atoms with Gasteiger partial charge < -0.3 is 5.73 Å². The molecule has 0 unspecified atom stereocenters. The molecule has 0 aliphatic rings. The number of nitrogens with zero attached hydrogens (tertiary/aromatic N) is 2. The maximum Gasteiger partial charge on any atom is 0.278 e. The van der Waals surface area contributed by atoms with Gasteiger partial charge in [0.05, 0.1) is 15.8 Å². The van der Waals surface area contributed by atoms with Crippen LogP contribution in [0, 0.1) is 10.1 Å². The Balaban J connectivity index is 0.00000312. The van der Waals surface area contributed by atoms with E-state index in [1.807, 2.05) is 13.8 Å². The minimum Gasteiger partial charge on any atom is -0.324 e. The van der Waals surface area contributed by atoms with Crippen molar-refractivity contribution in [1.82, 2.24) is 9.71 Å². The molecule has 0 spiro atoms. The highest BCUT2D eigenvalue weighted by molar-refractivity contribution is 7.89. The first-order chi connectivity index (χ1) is 11.2. The summed E-state index contributed by atoms with van der Waals surface area (Å²) in [7, 11) is -3.90. The van der Waals surface area contributed by atoms with Crippen molar-refractivity contribution in [3.8, 4) is 0 Å². The molecule has 2 rings (SSSR count). The molecule has 0 amide bonds. The summed E-state index contributed by atoms with van der Waals surface area (Å²) in [6.07, 6.45) is 2.63. The predicted molar refractivity (Wildman–Crippen MR) is 98.3 cm³/mol. The van der Waals surface area contributed by atoms with Gasteiger partial charge in [-0.1, -0.05) is 13.8 Å². The highest BCUT2D eigenvalue weighted by Crippen LogP contribution is 2.29. The summed E-state index contributed by atoms with van der Waals surface area (Å²) in [4.78, 5) is 14.5. The number of non-ortho nitro benzene ring substituents is 1. The number of aromatic nitrogens is 1. The Bertz CT molecular complexity index is 869. The summed E-state index contributed by atoms with van der Waals surface area (Å²) in [6.45, 7) is 3.86. The van der Waals surface area contributed by atoms with E-state index in [0.717, 1.165) is 0 Å². The summed E-state index contributed by atoms with van der Waals surface area (Å²) in [5, 5.41) is 11.3. The molecule has 138 valence electrons. The van der Waals surface area contributed by atoms with Gasteiger partial charge in [-0.15, -0.1) is 12.4 Å². The molecule has 8 nitrogen and oxygen atoms in total. The van der Waals surface area contributed by atoms with E-state index < -0.39 is 20.5 Å². The van der Waals surface area contributed by atoms with E-state index in [2.05, 4.69) is 9.71 Å². The molecule has 2 aromatic rings. The average molecular weight is 389 g/mol. The van der Waals surface area contributed by atoms with E-state index in [4.69, 9.17) is 5.73 Å². The first kappa shape index (κ1) is 21.2. The summed E-state index contributed by atoms with van der Waals surface area (Å²) in [5.74, 6) is 0. The van der Waals surface area contributed by atoms with E-state index in [1.165, 1.54) is 30.5 Å². The van der Waals surface area contributed by atoms with Gasteiger partial charge in [-0.3, -0.25) is 15.1 Å². The van der Waals surface area contributed by atoms with Crippen LogP contribution in [0.5, 0.6) is 0 Å². The Morgan fingerprint density at radius 2 is 1.92 bits per heavy atom. The van der Waals surface area contributed by atoms with Crippen molar-refractivity contribution in [2.45, 2.75) is 37.1 Å². The van der Waals surface area contributed by atoms with Gasteiger partial charge in [0.1, 0.15) is 4.90 Å². The zero-order valence-corrected chi connectivity index (χ0v) is 15.6. The fourth-order valence-corrected chi connectivity index (χ4v) is 3.62. The van der Waals surface area contributed by atoms with Crippen LogP contribution >= 0.6 is 12.4 Å². The highest BCUT2D eigenvalue weighted by atomic mass is 35.5. The van der Waals surface area contributed by atoms with Crippen LogP contribution in [0.2, 0.25) is 0 Å². The zero-order chi connectivity index (χ0) is 18.0. The number of pyridine rings is 1. The number of benzene rings is 1. The second kappa shape index (κ2) is 8.05. The Morgan fingerprint density at radius 1 is 1.28 bits per heavy atom. The Kier molecular flexibility index (Phi) is 6.83. The molecule has 1 aromatic heterocycles. The molecule has 0 aliphatic carbocycles. The van der Waals surface area contributed by atoms with Crippen LogP contribution in [-0.2, 0) is 10.0 Å². The molecule has 1 heterocycles. The first-order valence-electron chi connectivity index (χ1n) is 7.55. The number of halogens is 1. The van der Waals surface area contributed by atoms with E-state index in [0.29, 0.717) is 12.8 Å². The van der Waals surface area contributed by atoms with Gasteiger partial charge in [-0.2, -0.15) is 0 Å². The Hall–Kier alpha value is -1.81. The Morgan fingerprint density at radius 3 is 2.48 bits per heavy atom. The molecule has 0 saturated carbocycles. The number of hydrogen-bond acceptors (Lipinski definition) is 6. The normalized spacial score (nSPS) is 12.0. The quantitative estimate of drug-likeness (QED) is 0.553. The molecule has 0 bridgehead atoms. The number of nitrogens with one attached hydrogen (secondary N) is 1.